The molecule has 0 aromatic heterocycles. The van der Waals surface area contributed by atoms with E-state index in [0.29, 0.717) is 0 Å². The van der Waals surface area contributed by atoms with Gasteiger partial charge >= 0.3 is 35.8 Å². The van der Waals surface area contributed by atoms with Crippen LogP contribution in [0, 0.1) is 0 Å². The Labute approximate surface area is 173 Å². The van der Waals surface area contributed by atoms with Crippen molar-refractivity contribution in [2.45, 2.75) is 66.0 Å². The van der Waals surface area contributed by atoms with Gasteiger partial charge in [0.1, 0.15) is 13.2 Å². The van der Waals surface area contributed by atoms with Crippen LogP contribution in [0.2, 0.25) is 0 Å². The highest BCUT2D eigenvalue weighted by atomic mass is 16.6. The summed E-state index contributed by atoms with van der Waals surface area (Å²) >= 11 is 0. The van der Waals surface area contributed by atoms with E-state index >= 15 is 0 Å². The minimum absolute atomic E-state index is 0.565. The van der Waals surface area contributed by atoms with Crippen molar-refractivity contribution in [3.63, 3.8) is 0 Å². The van der Waals surface area contributed by atoms with E-state index in [1.165, 1.54) is 0 Å². The van der Waals surface area contributed by atoms with Crippen molar-refractivity contribution in [1.82, 2.24) is 0 Å². The molecule has 0 unspecified atom stereocenters. The average molecular weight is 434 g/mol. The van der Waals surface area contributed by atoms with E-state index in [9.17, 15) is 28.8 Å². The van der Waals surface area contributed by atoms with Crippen molar-refractivity contribution < 1.29 is 57.2 Å². The zero-order valence-corrected chi connectivity index (χ0v) is 17.6. The molecule has 0 aliphatic carbocycles. The quantitative estimate of drug-likeness (QED) is 0.313. The Morgan fingerprint density at radius 1 is 0.467 bits per heavy atom. The molecule has 170 valence electrons. The van der Waals surface area contributed by atoms with Gasteiger partial charge in [0.2, 0.25) is 0 Å². The molecule has 0 bridgehead atoms. The van der Waals surface area contributed by atoms with Crippen LogP contribution in [0.4, 0.5) is 0 Å². The molecule has 4 atom stereocenters. The first-order chi connectivity index (χ1) is 13.8. The zero-order chi connectivity index (χ0) is 23.4. The summed E-state index contributed by atoms with van der Waals surface area (Å²) in [6.07, 6.45) is -6.02. The lowest BCUT2D eigenvalue weighted by atomic mass is 10.0. The van der Waals surface area contributed by atoms with Crippen LogP contribution >= 0.6 is 0 Å². The van der Waals surface area contributed by atoms with Crippen LogP contribution in [0.25, 0.3) is 0 Å². The number of carbonyl (C=O) groups is 6. The Hall–Kier alpha value is -3.18. The van der Waals surface area contributed by atoms with Gasteiger partial charge < -0.3 is 28.4 Å². The molecule has 0 heterocycles. The van der Waals surface area contributed by atoms with Gasteiger partial charge in [-0.3, -0.25) is 28.8 Å². The monoisotopic (exact) mass is 434 g/mol. The standard InChI is InChI=1S/C18H26O12/c1-9(19)25-7-15(27-11(3)21)17(29-13(5)23)18(30-14(6)24)16(28-12(4)22)8-26-10(2)20/h15-18H,7-8H2,1-6H3/t15-,16-,17+,18+/m1/s1. The summed E-state index contributed by atoms with van der Waals surface area (Å²) < 4.78 is 30.2. The van der Waals surface area contributed by atoms with Crippen LogP contribution in [-0.4, -0.2) is 73.4 Å². The summed E-state index contributed by atoms with van der Waals surface area (Å²) in [5.74, 6) is -4.84. The second-order valence-corrected chi connectivity index (χ2v) is 6.05. The van der Waals surface area contributed by atoms with Crippen LogP contribution in [-0.2, 0) is 57.2 Å². The molecule has 0 aromatic carbocycles. The van der Waals surface area contributed by atoms with Crippen LogP contribution in [0.5, 0.6) is 0 Å². The molecule has 12 heteroatoms. The van der Waals surface area contributed by atoms with Crippen molar-refractivity contribution in [3.05, 3.63) is 0 Å². The molecule has 12 nitrogen and oxygen atoms in total. The van der Waals surface area contributed by atoms with Crippen molar-refractivity contribution in [1.29, 1.82) is 0 Å². The van der Waals surface area contributed by atoms with Crippen molar-refractivity contribution in [3.8, 4) is 0 Å². The molecule has 0 spiro atoms. The van der Waals surface area contributed by atoms with E-state index in [2.05, 4.69) is 0 Å². The molecule has 0 rings (SSSR count). The first kappa shape index (κ1) is 26.8. The molecule has 0 amide bonds. The highest BCUT2D eigenvalue weighted by Crippen LogP contribution is 2.20. The molecule has 0 aliphatic rings. The lowest BCUT2D eigenvalue weighted by Crippen LogP contribution is -2.54. The topological polar surface area (TPSA) is 158 Å². The van der Waals surface area contributed by atoms with Crippen molar-refractivity contribution in [2.24, 2.45) is 0 Å². The maximum atomic E-state index is 11.7. The fourth-order valence-electron chi connectivity index (χ4n) is 2.31. The van der Waals surface area contributed by atoms with E-state index in [0.717, 1.165) is 41.5 Å². The zero-order valence-electron chi connectivity index (χ0n) is 17.6. The fourth-order valence-corrected chi connectivity index (χ4v) is 2.31. The average Bonchev–Trinajstić information content (AvgIpc) is 2.57. The Morgan fingerprint density at radius 3 is 0.933 bits per heavy atom. The van der Waals surface area contributed by atoms with Crippen molar-refractivity contribution in [2.75, 3.05) is 13.2 Å². The first-order valence-electron chi connectivity index (χ1n) is 8.79. The highest BCUT2D eigenvalue weighted by molar-refractivity contribution is 5.69. The lowest BCUT2D eigenvalue weighted by Gasteiger charge is -2.35. The van der Waals surface area contributed by atoms with Gasteiger partial charge in [0.05, 0.1) is 0 Å². The highest BCUT2D eigenvalue weighted by Gasteiger charge is 2.44. The minimum Gasteiger partial charge on any atom is -0.462 e. The Balaban J connectivity index is 6.19. The normalized spacial score (nSPS) is 14.2. The van der Waals surface area contributed by atoms with Gasteiger partial charge in [0, 0.05) is 41.5 Å². The van der Waals surface area contributed by atoms with Crippen LogP contribution in [0.15, 0.2) is 0 Å². The van der Waals surface area contributed by atoms with Gasteiger partial charge in [-0.15, -0.1) is 0 Å². The van der Waals surface area contributed by atoms with E-state index in [4.69, 9.17) is 28.4 Å². The van der Waals surface area contributed by atoms with Crippen LogP contribution < -0.4 is 0 Å². The maximum absolute atomic E-state index is 11.7. The van der Waals surface area contributed by atoms with E-state index in [-0.39, 0.29) is 0 Å². The number of esters is 6. The third-order valence-corrected chi connectivity index (χ3v) is 3.20. The summed E-state index contributed by atoms with van der Waals surface area (Å²) in [4.78, 5) is 68.8. The van der Waals surface area contributed by atoms with Gasteiger partial charge in [-0.1, -0.05) is 0 Å². The van der Waals surface area contributed by atoms with E-state index < -0.39 is 73.4 Å². The van der Waals surface area contributed by atoms with Crippen LogP contribution in [0.1, 0.15) is 41.5 Å². The smallest absolute Gasteiger partial charge is 0.303 e. The van der Waals surface area contributed by atoms with Gasteiger partial charge in [-0.2, -0.15) is 0 Å². The Kier molecular flexibility index (Phi) is 11.7. The molecule has 30 heavy (non-hydrogen) atoms. The third kappa shape index (κ3) is 11.6. The van der Waals surface area contributed by atoms with Gasteiger partial charge in [0.25, 0.3) is 0 Å². The molecular weight excluding hydrogens is 408 g/mol. The molecule has 0 radical (unpaired) electrons. The maximum Gasteiger partial charge on any atom is 0.303 e. The molecule has 0 saturated carbocycles. The number of hydrogen-bond acceptors (Lipinski definition) is 12. The Morgan fingerprint density at radius 2 is 0.733 bits per heavy atom. The van der Waals surface area contributed by atoms with Gasteiger partial charge in [-0.05, 0) is 0 Å². The number of hydrogen-bond donors (Lipinski definition) is 0. The molecule has 0 fully saturated rings. The van der Waals surface area contributed by atoms with E-state index in [1.807, 2.05) is 0 Å². The second kappa shape index (κ2) is 13.1. The predicted octanol–water partition coefficient (Wildman–Crippen LogP) is -0.161. The van der Waals surface area contributed by atoms with E-state index in [1.54, 1.807) is 0 Å². The number of carbonyl (C=O) groups excluding carboxylic acids is 6. The summed E-state index contributed by atoms with van der Waals surface area (Å²) in [6.45, 7) is 5.22. The summed E-state index contributed by atoms with van der Waals surface area (Å²) in [7, 11) is 0. The lowest BCUT2D eigenvalue weighted by molar-refractivity contribution is -0.206. The molecule has 0 aromatic rings. The van der Waals surface area contributed by atoms with Gasteiger partial charge in [-0.25, -0.2) is 0 Å². The summed E-state index contributed by atoms with van der Waals surface area (Å²) in [5, 5.41) is 0. The third-order valence-electron chi connectivity index (χ3n) is 3.20. The fraction of sp³-hybridized carbons (Fsp3) is 0.667. The van der Waals surface area contributed by atoms with Gasteiger partial charge in [0.15, 0.2) is 24.4 Å². The molecular formula is C18H26O12. The first-order valence-corrected chi connectivity index (χ1v) is 8.79. The number of ether oxygens (including phenoxy) is 6. The SMILES string of the molecule is CC(=O)OC[C@@H](OC(C)=O)[C@H](OC(C)=O)[C@@H](OC(C)=O)[C@@H](COC(C)=O)OC(C)=O. The second-order valence-electron chi connectivity index (χ2n) is 6.05. The molecule has 0 aliphatic heterocycles. The van der Waals surface area contributed by atoms with Crippen LogP contribution in [0.3, 0.4) is 0 Å². The van der Waals surface area contributed by atoms with Crippen molar-refractivity contribution >= 4 is 35.8 Å². The summed E-state index contributed by atoms with van der Waals surface area (Å²) in [6, 6.07) is 0. The molecule has 0 saturated heterocycles. The largest absolute Gasteiger partial charge is 0.462 e. The molecule has 0 N–H and O–H groups in total. The Bertz CT molecular complexity index is 600. The predicted molar refractivity (Wildman–Crippen MR) is 95.5 cm³/mol. The minimum atomic E-state index is -1.57. The number of rotatable bonds is 11. The summed E-state index contributed by atoms with van der Waals surface area (Å²) in [5.41, 5.74) is 0.